The topological polar surface area (TPSA) is 185 Å². The number of nitriles is 1. The van der Waals surface area contributed by atoms with Crippen molar-refractivity contribution in [3.05, 3.63) is 0 Å². The van der Waals surface area contributed by atoms with Gasteiger partial charge in [-0.3, -0.25) is 4.57 Å². The number of phosphoric acid groups is 2. The summed E-state index contributed by atoms with van der Waals surface area (Å²) < 4.78 is 17.7. The Bertz CT molecular complexity index is 281. The second kappa shape index (κ2) is 21.3. The third kappa shape index (κ3) is 149. The molecule has 21 heavy (non-hydrogen) atoms. The Morgan fingerprint density at radius 1 is 1.00 bits per heavy atom. The van der Waals surface area contributed by atoms with Gasteiger partial charge in [0.15, 0.2) is 0 Å². The second-order valence-electron chi connectivity index (χ2n) is 2.85. The number of nitrogens with zero attached hydrogens (tertiary/aromatic N) is 2. The van der Waals surface area contributed by atoms with Crippen LogP contribution in [0.5, 0.6) is 0 Å². The molecule has 0 heterocycles. The van der Waals surface area contributed by atoms with Crippen molar-refractivity contribution in [2.75, 3.05) is 19.6 Å². The van der Waals surface area contributed by atoms with Gasteiger partial charge in [0.1, 0.15) is 0 Å². The van der Waals surface area contributed by atoms with E-state index in [0.717, 1.165) is 0 Å². The first-order valence-electron chi connectivity index (χ1n) is 5.34. The van der Waals surface area contributed by atoms with E-state index in [1.54, 1.807) is 6.07 Å². The van der Waals surface area contributed by atoms with Gasteiger partial charge in [-0.05, 0) is 19.6 Å². The van der Waals surface area contributed by atoms with Crippen LogP contribution in [-0.4, -0.2) is 49.0 Å². The Balaban J connectivity index is -0.0000000554. The van der Waals surface area contributed by atoms with Crippen molar-refractivity contribution >= 4 is 15.6 Å². The third-order valence-electron chi connectivity index (χ3n) is 1.34. The average Bonchev–Trinajstić information content (AvgIpc) is 2.16. The van der Waals surface area contributed by atoms with Gasteiger partial charge in [-0.15, -0.1) is 0 Å². The first kappa shape index (κ1) is 33.8. The number of hydrogen-bond acceptors (Lipinski definition) is 5. The predicted molar refractivity (Wildman–Crippen MR) is 71.1 cm³/mol. The molecule has 0 radical (unpaired) electrons. The molecule has 0 spiro atoms. The Morgan fingerprint density at radius 3 is 1.10 bits per heavy atom. The average molecular weight is 376 g/mol. The van der Waals surface area contributed by atoms with Crippen molar-refractivity contribution in [3.8, 4) is 6.07 Å². The zero-order valence-electron chi connectivity index (χ0n) is 12.9. The second-order valence-corrected chi connectivity index (χ2v) is 4.85. The standard InChI is InChI=1S/C6H15N.C2H3N.K.2H3O4P/c1-4-7(5-2)6-3;1-2-3;;2*1-5(2,3)4/h4-6H2,1-3H3;1H3;;2*(H3,1,2,3,4)/q;;+1;;/p-1. The van der Waals surface area contributed by atoms with Crippen LogP contribution in [0.2, 0.25) is 0 Å². The Labute approximate surface area is 167 Å². The fraction of sp³-hybridized carbons (Fsp3) is 0.875. The van der Waals surface area contributed by atoms with Crippen LogP contribution in [0.25, 0.3) is 0 Å². The molecular formula is C8H23KN2O8P2. The van der Waals surface area contributed by atoms with Crippen molar-refractivity contribution < 1.29 is 89.9 Å². The Hall–Kier alpha value is 1.31. The summed E-state index contributed by atoms with van der Waals surface area (Å²) in [4.78, 5) is 46.9. The molecule has 10 nitrogen and oxygen atoms in total. The summed E-state index contributed by atoms with van der Waals surface area (Å²) in [6, 6.07) is 1.75. The molecular weight excluding hydrogens is 353 g/mol. The fourth-order valence-corrected chi connectivity index (χ4v) is 0.671. The molecule has 0 fully saturated rings. The largest absolute Gasteiger partial charge is 1.00 e. The Morgan fingerprint density at radius 2 is 1.10 bits per heavy atom. The van der Waals surface area contributed by atoms with E-state index >= 15 is 0 Å². The van der Waals surface area contributed by atoms with Gasteiger partial charge in [0.25, 0.3) is 7.82 Å². The van der Waals surface area contributed by atoms with Crippen LogP contribution in [-0.2, 0) is 9.13 Å². The molecule has 0 bridgehead atoms. The van der Waals surface area contributed by atoms with E-state index in [9.17, 15) is 0 Å². The molecule has 0 aliphatic rings. The van der Waals surface area contributed by atoms with Crippen molar-refractivity contribution in [1.29, 1.82) is 5.26 Å². The summed E-state index contributed by atoms with van der Waals surface area (Å²) in [5.74, 6) is 0. The summed E-state index contributed by atoms with van der Waals surface area (Å²) in [6.07, 6.45) is 0. The monoisotopic (exact) mass is 376 g/mol. The first-order valence-corrected chi connectivity index (χ1v) is 8.44. The smallest absolute Gasteiger partial charge is 0.756 e. The van der Waals surface area contributed by atoms with Gasteiger partial charge in [0.05, 0.1) is 6.07 Å². The number of rotatable bonds is 3. The van der Waals surface area contributed by atoms with E-state index in [4.69, 9.17) is 43.8 Å². The van der Waals surface area contributed by atoms with Gasteiger partial charge in [-0.25, -0.2) is 4.57 Å². The van der Waals surface area contributed by atoms with E-state index in [1.807, 2.05) is 0 Å². The van der Waals surface area contributed by atoms with Crippen molar-refractivity contribution in [2.45, 2.75) is 27.7 Å². The third-order valence-corrected chi connectivity index (χ3v) is 1.34. The maximum absolute atomic E-state index is 8.88. The molecule has 0 aliphatic carbocycles. The summed E-state index contributed by atoms with van der Waals surface area (Å²) >= 11 is 0. The van der Waals surface area contributed by atoms with E-state index < -0.39 is 15.6 Å². The summed E-state index contributed by atoms with van der Waals surface area (Å²) in [7, 11) is -9.53. The maximum Gasteiger partial charge on any atom is 1.00 e. The maximum atomic E-state index is 8.88. The zero-order valence-corrected chi connectivity index (χ0v) is 17.8. The van der Waals surface area contributed by atoms with Gasteiger partial charge in [-0.1, -0.05) is 20.8 Å². The molecule has 0 aromatic heterocycles. The molecule has 0 amide bonds. The molecule has 0 saturated heterocycles. The minimum atomic E-state index is -4.89. The molecule has 124 valence electrons. The molecule has 0 unspecified atom stereocenters. The molecule has 0 rings (SSSR count). The van der Waals surface area contributed by atoms with Crippen molar-refractivity contribution in [3.63, 3.8) is 0 Å². The van der Waals surface area contributed by atoms with Crippen LogP contribution in [0, 0.1) is 11.3 Å². The van der Waals surface area contributed by atoms with Gasteiger partial charge >= 0.3 is 59.2 Å². The minimum absolute atomic E-state index is 0. The molecule has 0 saturated carbocycles. The van der Waals surface area contributed by atoms with E-state index in [2.05, 4.69) is 25.7 Å². The van der Waals surface area contributed by atoms with Crippen molar-refractivity contribution in [1.82, 2.24) is 4.90 Å². The van der Waals surface area contributed by atoms with E-state index in [0.29, 0.717) is 0 Å². The fourth-order valence-electron chi connectivity index (χ4n) is 0.671. The number of hydrogen-bond donors (Lipinski definition) is 5. The van der Waals surface area contributed by atoms with Gasteiger partial charge < -0.3 is 34.3 Å². The molecule has 0 atom stereocenters. The van der Waals surface area contributed by atoms with Gasteiger partial charge in [0, 0.05) is 6.92 Å². The van der Waals surface area contributed by atoms with E-state index in [1.165, 1.54) is 26.6 Å². The Kier molecular flexibility index (Phi) is 34.3. The van der Waals surface area contributed by atoms with Crippen LogP contribution in [0.3, 0.4) is 0 Å². The zero-order chi connectivity index (χ0) is 17.4. The van der Waals surface area contributed by atoms with Crippen LogP contribution < -0.4 is 56.3 Å². The molecule has 0 aromatic rings. The quantitative estimate of drug-likeness (QED) is 0.243. The summed E-state index contributed by atoms with van der Waals surface area (Å²) in [6.45, 7) is 11.6. The van der Waals surface area contributed by atoms with Gasteiger partial charge in [-0.2, -0.15) is 5.26 Å². The van der Waals surface area contributed by atoms with Gasteiger partial charge in [0.2, 0.25) is 0 Å². The van der Waals surface area contributed by atoms with E-state index in [-0.39, 0.29) is 51.4 Å². The van der Waals surface area contributed by atoms with Crippen LogP contribution in [0.1, 0.15) is 27.7 Å². The summed E-state index contributed by atoms with van der Waals surface area (Å²) in [5.41, 5.74) is 0. The van der Waals surface area contributed by atoms with Crippen LogP contribution in [0.4, 0.5) is 0 Å². The molecule has 13 heteroatoms. The van der Waals surface area contributed by atoms with Crippen molar-refractivity contribution in [2.24, 2.45) is 0 Å². The minimum Gasteiger partial charge on any atom is -0.756 e. The molecule has 0 aliphatic heterocycles. The SMILES string of the molecule is CC#N.CCN(CC)CC.O=P(O)(O)O.O=P([O-])(O)O.[K+]. The van der Waals surface area contributed by atoms with Crippen LogP contribution >= 0.6 is 15.6 Å². The molecule has 5 N–H and O–H groups in total. The normalized spacial score (nSPS) is 9.43. The first-order chi connectivity index (χ1) is 8.76. The predicted octanol–water partition coefficient (Wildman–Crippen LogP) is -3.61. The van der Waals surface area contributed by atoms with Crippen LogP contribution in [0.15, 0.2) is 0 Å². The molecule has 0 aromatic carbocycles. The summed E-state index contributed by atoms with van der Waals surface area (Å²) in [5, 5.41) is 7.32.